The van der Waals surface area contributed by atoms with E-state index in [-0.39, 0.29) is 0 Å². The fraction of sp³-hybridized carbons (Fsp3) is 1.00. The van der Waals surface area contributed by atoms with E-state index in [9.17, 15) is 0 Å². The molecule has 0 saturated heterocycles. The Kier molecular flexibility index (Phi) is 13.6. The lowest BCUT2D eigenvalue weighted by atomic mass is 10.3. The van der Waals surface area contributed by atoms with E-state index < -0.39 is 0 Å². The first-order chi connectivity index (χ1) is 7.41. The third kappa shape index (κ3) is 13.8. The van der Waals surface area contributed by atoms with Gasteiger partial charge in [0.15, 0.2) is 0 Å². The number of hydrogen-bond acceptors (Lipinski definition) is 5. The molecule has 0 amide bonds. The molecular weight excluding hydrogens is 190 g/mol. The van der Waals surface area contributed by atoms with Crippen LogP contribution < -0.4 is 27.6 Å². The molecule has 15 heavy (non-hydrogen) atoms. The lowest BCUT2D eigenvalue weighted by Crippen LogP contribution is -2.27. The van der Waals surface area contributed by atoms with Gasteiger partial charge in [-0.15, -0.1) is 0 Å². The van der Waals surface area contributed by atoms with Crippen LogP contribution in [0, 0.1) is 0 Å². The van der Waals surface area contributed by atoms with Gasteiger partial charge in [0.05, 0.1) is 0 Å². The lowest BCUT2D eigenvalue weighted by molar-refractivity contribution is 0.559. The molecule has 5 heteroatoms. The van der Waals surface area contributed by atoms with Crippen molar-refractivity contribution in [2.24, 2.45) is 11.6 Å². The molecule has 0 bridgehead atoms. The van der Waals surface area contributed by atoms with E-state index in [1.807, 2.05) is 0 Å². The Morgan fingerprint density at radius 3 is 1.73 bits per heavy atom. The highest BCUT2D eigenvalue weighted by molar-refractivity contribution is 4.53. The predicted molar refractivity (Wildman–Crippen MR) is 65.5 cm³/mol. The molecular formula is C10H27N5. The van der Waals surface area contributed by atoms with Gasteiger partial charge in [-0.3, -0.25) is 11.3 Å². The van der Waals surface area contributed by atoms with E-state index in [0.29, 0.717) is 0 Å². The van der Waals surface area contributed by atoms with Crippen molar-refractivity contribution in [2.45, 2.75) is 25.7 Å². The third-order valence-corrected chi connectivity index (χ3v) is 2.19. The second-order valence-electron chi connectivity index (χ2n) is 3.66. The Hall–Kier alpha value is -0.200. The van der Waals surface area contributed by atoms with Crippen molar-refractivity contribution in [1.82, 2.24) is 16.1 Å². The smallest absolute Gasteiger partial charge is 0.0109 e. The lowest BCUT2D eigenvalue weighted by Gasteiger charge is -2.05. The molecule has 0 heterocycles. The second kappa shape index (κ2) is 13.8. The van der Waals surface area contributed by atoms with Gasteiger partial charge < -0.3 is 16.4 Å². The minimum Gasteiger partial charge on any atom is -0.330 e. The molecule has 0 atom stereocenters. The summed E-state index contributed by atoms with van der Waals surface area (Å²) in [4.78, 5) is 0. The first-order valence-electron chi connectivity index (χ1n) is 5.96. The number of rotatable bonds is 12. The topological polar surface area (TPSA) is 88.1 Å². The Labute approximate surface area is 93.3 Å². The molecule has 0 radical (unpaired) electrons. The fourth-order valence-corrected chi connectivity index (χ4v) is 1.29. The zero-order valence-corrected chi connectivity index (χ0v) is 9.73. The first kappa shape index (κ1) is 14.8. The molecule has 0 aliphatic heterocycles. The molecule has 0 aromatic heterocycles. The molecule has 5 nitrogen and oxygen atoms in total. The maximum absolute atomic E-state index is 5.38. The van der Waals surface area contributed by atoms with Crippen LogP contribution in [-0.2, 0) is 0 Å². The zero-order chi connectivity index (χ0) is 11.2. The molecule has 0 aliphatic carbocycles. The Bertz CT molecular complexity index is 98.0. The summed E-state index contributed by atoms with van der Waals surface area (Å²) in [7, 11) is 0. The minimum absolute atomic E-state index is 0.781. The van der Waals surface area contributed by atoms with Crippen molar-refractivity contribution < 1.29 is 0 Å². The predicted octanol–water partition coefficient (Wildman–Crippen LogP) is -0.852. The van der Waals surface area contributed by atoms with Crippen LogP contribution in [0.15, 0.2) is 0 Å². The van der Waals surface area contributed by atoms with Crippen LogP contribution in [0.25, 0.3) is 0 Å². The number of nitrogens with one attached hydrogen (secondary N) is 3. The van der Waals surface area contributed by atoms with Crippen molar-refractivity contribution in [3.05, 3.63) is 0 Å². The summed E-state index contributed by atoms with van der Waals surface area (Å²) >= 11 is 0. The second-order valence-corrected chi connectivity index (χ2v) is 3.66. The largest absolute Gasteiger partial charge is 0.330 e. The molecule has 0 aromatic carbocycles. The average Bonchev–Trinajstić information content (AvgIpc) is 2.26. The first-order valence-corrected chi connectivity index (χ1v) is 5.96. The highest BCUT2D eigenvalue weighted by Gasteiger charge is 1.90. The Balaban J connectivity index is 2.81. The van der Waals surface area contributed by atoms with E-state index in [4.69, 9.17) is 11.6 Å². The van der Waals surface area contributed by atoms with Gasteiger partial charge in [0.1, 0.15) is 0 Å². The number of hydrazine groups is 1. The summed E-state index contributed by atoms with van der Waals surface area (Å²) in [5.41, 5.74) is 8.02. The quantitative estimate of drug-likeness (QED) is 0.167. The normalized spacial score (nSPS) is 10.8. The van der Waals surface area contributed by atoms with Crippen LogP contribution in [0.2, 0.25) is 0 Å². The molecule has 0 rings (SSSR count). The molecule has 0 fully saturated rings. The highest BCUT2D eigenvalue weighted by atomic mass is 15.2. The van der Waals surface area contributed by atoms with Gasteiger partial charge in [0.2, 0.25) is 0 Å². The van der Waals surface area contributed by atoms with Crippen molar-refractivity contribution >= 4 is 0 Å². The third-order valence-electron chi connectivity index (χ3n) is 2.19. The summed E-state index contributed by atoms with van der Waals surface area (Å²) in [6.07, 6.45) is 4.62. The van der Waals surface area contributed by atoms with Gasteiger partial charge in [-0.25, -0.2) is 0 Å². The van der Waals surface area contributed by atoms with Crippen molar-refractivity contribution in [3.63, 3.8) is 0 Å². The van der Waals surface area contributed by atoms with Crippen LogP contribution in [0.1, 0.15) is 25.7 Å². The van der Waals surface area contributed by atoms with Crippen LogP contribution in [0.4, 0.5) is 0 Å². The number of hydrogen-bond donors (Lipinski definition) is 5. The SMILES string of the molecule is NCCCNCCCCNCCCNN. The molecule has 0 aromatic rings. The number of nitrogens with two attached hydrogens (primary N) is 2. The average molecular weight is 217 g/mol. The van der Waals surface area contributed by atoms with Gasteiger partial charge in [-0.1, -0.05) is 0 Å². The van der Waals surface area contributed by atoms with E-state index in [2.05, 4.69) is 16.1 Å². The van der Waals surface area contributed by atoms with E-state index in [1.54, 1.807) is 0 Å². The highest BCUT2D eigenvalue weighted by Crippen LogP contribution is 1.85. The summed E-state index contributed by atoms with van der Waals surface area (Å²) in [6.45, 7) is 5.96. The van der Waals surface area contributed by atoms with Gasteiger partial charge in [-0.2, -0.15) is 0 Å². The molecule has 0 aliphatic rings. The van der Waals surface area contributed by atoms with Crippen molar-refractivity contribution in [1.29, 1.82) is 0 Å². The standard InChI is InChI=1S/C10H27N5/c11-5-3-8-13-6-1-2-7-14-9-4-10-15-12/h13-15H,1-12H2. The van der Waals surface area contributed by atoms with E-state index in [0.717, 1.165) is 52.1 Å². The molecule has 0 spiro atoms. The summed E-state index contributed by atoms with van der Waals surface area (Å²) in [5.74, 6) is 5.15. The summed E-state index contributed by atoms with van der Waals surface area (Å²) < 4.78 is 0. The van der Waals surface area contributed by atoms with Crippen LogP contribution >= 0.6 is 0 Å². The number of unbranched alkanes of at least 4 members (excludes halogenated alkanes) is 1. The van der Waals surface area contributed by atoms with Gasteiger partial charge in [0, 0.05) is 6.54 Å². The van der Waals surface area contributed by atoms with E-state index >= 15 is 0 Å². The molecule has 92 valence electrons. The minimum atomic E-state index is 0.781. The fourth-order valence-electron chi connectivity index (χ4n) is 1.29. The van der Waals surface area contributed by atoms with Crippen LogP contribution in [0.3, 0.4) is 0 Å². The van der Waals surface area contributed by atoms with Gasteiger partial charge >= 0.3 is 0 Å². The maximum Gasteiger partial charge on any atom is 0.0109 e. The van der Waals surface area contributed by atoms with Crippen molar-refractivity contribution in [3.8, 4) is 0 Å². The molecule has 0 unspecified atom stereocenters. The Morgan fingerprint density at radius 1 is 0.667 bits per heavy atom. The van der Waals surface area contributed by atoms with Gasteiger partial charge in [-0.05, 0) is 58.4 Å². The summed E-state index contributed by atoms with van der Waals surface area (Å²) in [6, 6.07) is 0. The van der Waals surface area contributed by atoms with Crippen LogP contribution in [0.5, 0.6) is 0 Å². The zero-order valence-electron chi connectivity index (χ0n) is 9.73. The maximum atomic E-state index is 5.38. The summed E-state index contributed by atoms with van der Waals surface area (Å²) in [5, 5.41) is 6.74. The Morgan fingerprint density at radius 2 is 1.20 bits per heavy atom. The van der Waals surface area contributed by atoms with Crippen molar-refractivity contribution in [2.75, 3.05) is 39.3 Å². The van der Waals surface area contributed by atoms with Gasteiger partial charge in [0.25, 0.3) is 0 Å². The molecule has 7 N–H and O–H groups in total. The van der Waals surface area contributed by atoms with E-state index in [1.165, 1.54) is 12.8 Å². The monoisotopic (exact) mass is 217 g/mol. The van der Waals surface area contributed by atoms with Crippen LogP contribution in [-0.4, -0.2) is 39.3 Å². The molecule has 0 saturated carbocycles.